The zero-order chi connectivity index (χ0) is 23.5. The molecule has 168 valence electrons. The monoisotopic (exact) mass is 446 g/mol. The molecule has 10 heteroatoms. The summed E-state index contributed by atoms with van der Waals surface area (Å²) in [7, 11) is 1.29. The zero-order valence-corrected chi connectivity index (χ0v) is 17.3. The molecule has 0 spiro atoms. The van der Waals surface area contributed by atoms with E-state index >= 15 is 0 Å². The molecule has 1 unspecified atom stereocenters. The minimum atomic E-state index is -5.13. The highest BCUT2D eigenvalue weighted by Gasteiger charge is 2.58. The Bertz CT molecular complexity index is 1130. The van der Waals surface area contributed by atoms with Crippen LogP contribution in [0.5, 0.6) is 0 Å². The molecule has 0 aliphatic rings. The lowest BCUT2D eigenvalue weighted by molar-refractivity contribution is -0.270. The number of nitrogens with one attached hydrogen (secondary N) is 2. The number of aliphatic hydroxyl groups is 1. The Morgan fingerprint density at radius 2 is 1.78 bits per heavy atom. The Labute approximate surface area is 181 Å². The van der Waals surface area contributed by atoms with E-state index in [0.29, 0.717) is 16.8 Å². The molecule has 7 nitrogen and oxygen atoms in total. The first kappa shape index (κ1) is 23.0. The van der Waals surface area contributed by atoms with Crippen molar-refractivity contribution < 1.29 is 27.9 Å². The minimum absolute atomic E-state index is 0.199. The van der Waals surface area contributed by atoms with Crippen LogP contribution in [0, 0.1) is 6.92 Å². The number of carbonyl (C=O) groups is 2. The van der Waals surface area contributed by atoms with Crippen LogP contribution in [0.15, 0.2) is 60.9 Å². The molecule has 3 aromatic rings. The summed E-state index contributed by atoms with van der Waals surface area (Å²) in [5, 5.41) is 15.4. The smallest absolute Gasteiger partial charge is 0.374 e. The molecule has 2 aromatic carbocycles. The van der Waals surface area contributed by atoms with E-state index in [0.717, 1.165) is 10.8 Å². The van der Waals surface area contributed by atoms with Crippen molar-refractivity contribution in [3.8, 4) is 0 Å². The molecule has 1 aromatic heterocycles. The number of halogens is 3. The van der Waals surface area contributed by atoms with Crippen LogP contribution in [0.3, 0.4) is 0 Å². The van der Waals surface area contributed by atoms with Gasteiger partial charge in [-0.2, -0.15) is 13.2 Å². The Kier molecular flexibility index (Phi) is 6.35. The van der Waals surface area contributed by atoms with E-state index in [4.69, 9.17) is 0 Å². The van der Waals surface area contributed by atoms with Gasteiger partial charge < -0.3 is 20.3 Å². The fourth-order valence-electron chi connectivity index (χ4n) is 3.12. The molecule has 32 heavy (non-hydrogen) atoms. The number of carbonyl (C=O) groups excluding carboxylic acids is 2. The summed E-state index contributed by atoms with van der Waals surface area (Å²) in [6, 6.07) is 13.1. The van der Waals surface area contributed by atoms with E-state index in [9.17, 15) is 27.9 Å². The maximum atomic E-state index is 13.7. The maximum absolute atomic E-state index is 13.7. The number of rotatable bonds is 6. The van der Waals surface area contributed by atoms with Crippen molar-refractivity contribution in [2.75, 3.05) is 10.6 Å². The summed E-state index contributed by atoms with van der Waals surface area (Å²) in [6.45, 7) is 1.65. The van der Waals surface area contributed by atoms with Crippen molar-refractivity contribution in [2.24, 2.45) is 7.05 Å². The number of anilines is 2. The van der Waals surface area contributed by atoms with Crippen LogP contribution in [-0.2, 0) is 17.4 Å². The summed E-state index contributed by atoms with van der Waals surface area (Å²) in [6.07, 6.45) is -4.08. The molecule has 0 aliphatic heterocycles. The Morgan fingerprint density at radius 3 is 2.38 bits per heavy atom. The summed E-state index contributed by atoms with van der Waals surface area (Å²) in [4.78, 5) is 28.4. The van der Waals surface area contributed by atoms with Crippen LogP contribution < -0.4 is 10.6 Å². The second-order valence-electron chi connectivity index (χ2n) is 7.29. The third kappa shape index (κ3) is 4.80. The summed E-state index contributed by atoms with van der Waals surface area (Å²) in [5.41, 5.74) is -1.95. The lowest BCUT2D eigenvalue weighted by Gasteiger charge is -2.29. The standard InChI is InChI=1S/C22H21F3N4O3/c1-14-8-9-16(27-19(31)15-6-4-3-5-7-15)12-17(14)28-18(30)13-21(32,22(23,24)25)20-26-10-11-29(20)2/h3-12,32H,13H2,1-2H3,(H,27,31)(H,28,30). The van der Waals surface area contributed by atoms with E-state index in [1.807, 2.05) is 0 Å². The van der Waals surface area contributed by atoms with Gasteiger partial charge in [0.25, 0.3) is 5.91 Å². The normalized spacial score (nSPS) is 13.3. The van der Waals surface area contributed by atoms with E-state index in [1.165, 1.54) is 19.3 Å². The highest BCUT2D eigenvalue weighted by atomic mass is 19.4. The van der Waals surface area contributed by atoms with Gasteiger partial charge in [-0.3, -0.25) is 9.59 Å². The second kappa shape index (κ2) is 8.83. The topological polar surface area (TPSA) is 96.2 Å². The van der Waals surface area contributed by atoms with Gasteiger partial charge in [0.2, 0.25) is 11.5 Å². The fourth-order valence-corrected chi connectivity index (χ4v) is 3.12. The Balaban J connectivity index is 1.79. The lowest BCUT2D eigenvalue weighted by Crippen LogP contribution is -2.46. The molecule has 0 saturated carbocycles. The van der Waals surface area contributed by atoms with Crippen LogP contribution >= 0.6 is 0 Å². The van der Waals surface area contributed by atoms with E-state index < -0.39 is 29.9 Å². The molecular weight excluding hydrogens is 425 g/mol. The third-order valence-corrected chi connectivity index (χ3v) is 4.88. The zero-order valence-electron chi connectivity index (χ0n) is 17.3. The van der Waals surface area contributed by atoms with Crippen LogP contribution in [0.2, 0.25) is 0 Å². The molecular formula is C22H21F3N4O3. The van der Waals surface area contributed by atoms with E-state index in [2.05, 4.69) is 15.6 Å². The number of imidazole rings is 1. The molecule has 0 aliphatic carbocycles. The van der Waals surface area contributed by atoms with Gasteiger partial charge in [-0.1, -0.05) is 24.3 Å². The van der Waals surface area contributed by atoms with E-state index in [1.54, 1.807) is 49.4 Å². The van der Waals surface area contributed by atoms with Crippen LogP contribution in [0.1, 0.15) is 28.2 Å². The average molecular weight is 446 g/mol. The third-order valence-electron chi connectivity index (χ3n) is 4.88. The Hall–Kier alpha value is -3.66. The number of nitrogens with zero attached hydrogens (tertiary/aromatic N) is 2. The number of amides is 2. The first-order valence-corrected chi connectivity index (χ1v) is 9.55. The predicted octanol–water partition coefficient (Wildman–Crippen LogP) is 3.76. The van der Waals surface area contributed by atoms with Crippen molar-refractivity contribution in [1.82, 2.24) is 9.55 Å². The quantitative estimate of drug-likeness (QED) is 0.537. The molecule has 1 atom stereocenters. The highest BCUT2D eigenvalue weighted by molar-refractivity contribution is 6.04. The summed E-state index contributed by atoms with van der Waals surface area (Å²) >= 11 is 0. The van der Waals surface area contributed by atoms with Crippen molar-refractivity contribution in [2.45, 2.75) is 25.1 Å². The first-order chi connectivity index (χ1) is 15.0. The molecule has 1 heterocycles. The van der Waals surface area contributed by atoms with Crippen LogP contribution in [0.25, 0.3) is 0 Å². The Morgan fingerprint density at radius 1 is 1.09 bits per heavy atom. The largest absolute Gasteiger partial charge is 0.425 e. The van der Waals surface area contributed by atoms with Crippen molar-refractivity contribution >= 4 is 23.2 Å². The number of hydrogen-bond donors (Lipinski definition) is 3. The molecule has 3 rings (SSSR count). The SMILES string of the molecule is Cc1ccc(NC(=O)c2ccccc2)cc1NC(=O)CC(O)(c1nccn1C)C(F)(F)F. The highest BCUT2D eigenvalue weighted by Crippen LogP contribution is 2.41. The van der Waals surface area contributed by atoms with Gasteiger partial charge in [-0.05, 0) is 36.8 Å². The lowest BCUT2D eigenvalue weighted by atomic mass is 9.97. The van der Waals surface area contributed by atoms with Gasteiger partial charge in [0.1, 0.15) is 0 Å². The minimum Gasteiger partial charge on any atom is -0.374 e. The number of hydrogen-bond acceptors (Lipinski definition) is 4. The summed E-state index contributed by atoms with van der Waals surface area (Å²) < 4.78 is 42.0. The van der Waals surface area contributed by atoms with Gasteiger partial charge in [-0.15, -0.1) is 0 Å². The number of aromatic nitrogens is 2. The van der Waals surface area contributed by atoms with Crippen LogP contribution in [0.4, 0.5) is 24.5 Å². The van der Waals surface area contributed by atoms with Crippen molar-refractivity contribution in [3.05, 3.63) is 77.9 Å². The number of aryl methyl sites for hydroxylation is 2. The number of benzene rings is 2. The number of alkyl halides is 3. The first-order valence-electron chi connectivity index (χ1n) is 9.55. The molecule has 3 N–H and O–H groups in total. The van der Waals surface area contributed by atoms with Gasteiger partial charge in [0.15, 0.2) is 5.82 Å². The molecule has 2 amide bonds. The van der Waals surface area contributed by atoms with Gasteiger partial charge in [0, 0.05) is 36.4 Å². The average Bonchev–Trinajstić information content (AvgIpc) is 3.16. The van der Waals surface area contributed by atoms with Crippen molar-refractivity contribution in [1.29, 1.82) is 0 Å². The molecule has 0 saturated heterocycles. The molecule has 0 fully saturated rings. The van der Waals surface area contributed by atoms with E-state index in [-0.39, 0.29) is 11.6 Å². The van der Waals surface area contributed by atoms with Crippen molar-refractivity contribution in [3.63, 3.8) is 0 Å². The van der Waals surface area contributed by atoms with Crippen LogP contribution in [-0.4, -0.2) is 32.6 Å². The summed E-state index contributed by atoms with van der Waals surface area (Å²) in [5.74, 6) is -2.14. The maximum Gasteiger partial charge on any atom is 0.425 e. The second-order valence-corrected chi connectivity index (χ2v) is 7.29. The van der Waals surface area contributed by atoms with Gasteiger partial charge >= 0.3 is 6.18 Å². The predicted molar refractivity (Wildman–Crippen MR) is 112 cm³/mol. The fraction of sp³-hybridized carbons (Fsp3) is 0.227. The molecule has 0 bridgehead atoms. The molecule has 0 radical (unpaired) electrons. The van der Waals surface area contributed by atoms with Gasteiger partial charge in [0.05, 0.1) is 6.42 Å². The van der Waals surface area contributed by atoms with Gasteiger partial charge in [-0.25, -0.2) is 4.98 Å².